The Morgan fingerprint density at radius 1 is 1.32 bits per heavy atom. The minimum Gasteiger partial charge on any atom is -0.370 e. The molecule has 1 aliphatic rings. The zero-order valence-corrected chi connectivity index (χ0v) is 14.7. The third kappa shape index (κ3) is 4.59. The van der Waals surface area contributed by atoms with Gasteiger partial charge in [0.1, 0.15) is 11.6 Å². The molecule has 0 bridgehead atoms. The number of imidazole rings is 1. The van der Waals surface area contributed by atoms with Gasteiger partial charge in [0.25, 0.3) is 0 Å². The minimum absolute atomic E-state index is 0.288. The van der Waals surface area contributed by atoms with E-state index in [0.717, 1.165) is 24.2 Å². The molecule has 0 amide bonds. The predicted molar refractivity (Wildman–Crippen MR) is 98.2 cm³/mol. The topological polar surface area (TPSA) is 68.2 Å². The lowest BCUT2D eigenvalue weighted by molar-refractivity contribution is 0.530. The smallest absolute Gasteiger partial charge is 0.189 e. The molecular formula is C19H26FN5. The van der Waals surface area contributed by atoms with Crippen LogP contribution >= 0.6 is 0 Å². The molecule has 2 aromatic rings. The zero-order valence-electron chi connectivity index (χ0n) is 14.7. The summed E-state index contributed by atoms with van der Waals surface area (Å²) in [5.74, 6) is 0.910. The van der Waals surface area contributed by atoms with Crippen molar-refractivity contribution in [2.45, 2.75) is 58.0 Å². The van der Waals surface area contributed by atoms with E-state index >= 15 is 0 Å². The van der Waals surface area contributed by atoms with Gasteiger partial charge in [-0.1, -0.05) is 31.7 Å². The van der Waals surface area contributed by atoms with Crippen LogP contribution in [0.4, 0.5) is 4.39 Å². The monoisotopic (exact) mass is 343 g/mol. The number of halogens is 1. The Balaban J connectivity index is 1.62. The number of guanidine groups is 1. The summed E-state index contributed by atoms with van der Waals surface area (Å²) in [5, 5.41) is 3.31. The average molecular weight is 343 g/mol. The second kappa shape index (κ2) is 8.14. The number of hydrogen-bond donors (Lipinski definition) is 2. The molecule has 1 heterocycles. The van der Waals surface area contributed by atoms with E-state index in [2.05, 4.69) is 15.3 Å². The molecule has 1 fully saturated rings. The molecule has 0 saturated heterocycles. The van der Waals surface area contributed by atoms with Gasteiger partial charge in [-0.2, -0.15) is 0 Å². The number of aromatic nitrogens is 2. The molecule has 0 atom stereocenters. The predicted octanol–water partition coefficient (Wildman–Crippen LogP) is 3.45. The highest BCUT2D eigenvalue weighted by molar-refractivity contribution is 5.78. The summed E-state index contributed by atoms with van der Waals surface area (Å²) in [6.45, 7) is 2.21. The molecule has 25 heavy (non-hydrogen) atoms. The highest BCUT2D eigenvalue weighted by Gasteiger charge is 2.12. The van der Waals surface area contributed by atoms with E-state index in [1.54, 1.807) is 23.0 Å². The van der Waals surface area contributed by atoms with Gasteiger partial charge in [0.2, 0.25) is 0 Å². The summed E-state index contributed by atoms with van der Waals surface area (Å²) in [5.41, 5.74) is 7.29. The minimum atomic E-state index is -0.288. The molecule has 0 spiro atoms. The molecule has 6 heteroatoms. The zero-order chi connectivity index (χ0) is 17.6. The maximum atomic E-state index is 14.4. The van der Waals surface area contributed by atoms with Crippen LogP contribution in [-0.4, -0.2) is 21.6 Å². The summed E-state index contributed by atoms with van der Waals surface area (Å²) in [6.07, 6.45) is 10.8. The van der Waals surface area contributed by atoms with E-state index in [-0.39, 0.29) is 5.82 Å². The molecule has 3 N–H and O–H groups in total. The summed E-state index contributed by atoms with van der Waals surface area (Å²) >= 11 is 0. The highest BCUT2D eigenvalue weighted by atomic mass is 19.1. The fraction of sp³-hybridized carbons (Fsp3) is 0.474. The van der Waals surface area contributed by atoms with Gasteiger partial charge in [0, 0.05) is 18.4 Å². The van der Waals surface area contributed by atoms with Crippen LogP contribution in [0.1, 0.15) is 49.9 Å². The SMILES string of the molecule is Cc1nccn1-c1ccc(CN=C(N)NC2CCCCCC2)cc1F. The van der Waals surface area contributed by atoms with Gasteiger partial charge in [-0.05, 0) is 37.5 Å². The molecule has 5 nitrogen and oxygen atoms in total. The Kier molecular flexibility index (Phi) is 5.68. The van der Waals surface area contributed by atoms with E-state index in [1.807, 2.05) is 13.0 Å². The van der Waals surface area contributed by atoms with Gasteiger partial charge in [-0.3, -0.25) is 0 Å². The van der Waals surface area contributed by atoms with Crippen molar-refractivity contribution in [3.05, 3.63) is 47.8 Å². The maximum absolute atomic E-state index is 14.4. The normalized spacial score (nSPS) is 16.6. The Hall–Kier alpha value is -2.37. The van der Waals surface area contributed by atoms with Crippen molar-refractivity contribution < 1.29 is 4.39 Å². The fourth-order valence-electron chi connectivity index (χ4n) is 3.33. The molecule has 0 unspecified atom stereocenters. The Labute approximate surface area is 148 Å². The molecule has 134 valence electrons. The number of rotatable bonds is 4. The van der Waals surface area contributed by atoms with Crippen molar-refractivity contribution in [1.82, 2.24) is 14.9 Å². The Morgan fingerprint density at radius 3 is 2.72 bits per heavy atom. The van der Waals surface area contributed by atoms with Crippen molar-refractivity contribution in [3.8, 4) is 5.69 Å². The number of nitrogens with one attached hydrogen (secondary N) is 1. The van der Waals surface area contributed by atoms with Crippen molar-refractivity contribution in [3.63, 3.8) is 0 Å². The molecule has 3 rings (SSSR count). The van der Waals surface area contributed by atoms with Gasteiger partial charge in [-0.15, -0.1) is 0 Å². The van der Waals surface area contributed by atoms with Gasteiger partial charge >= 0.3 is 0 Å². The third-order valence-electron chi connectivity index (χ3n) is 4.74. The van der Waals surface area contributed by atoms with Crippen molar-refractivity contribution in [2.75, 3.05) is 0 Å². The van der Waals surface area contributed by atoms with Crippen LogP contribution in [0.3, 0.4) is 0 Å². The first-order chi connectivity index (χ1) is 12.1. The highest BCUT2D eigenvalue weighted by Crippen LogP contribution is 2.18. The van der Waals surface area contributed by atoms with Crippen molar-refractivity contribution in [1.29, 1.82) is 0 Å². The lowest BCUT2D eigenvalue weighted by Crippen LogP contribution is -2.39. The Morgan fingerprint density at radius 2 is 2.08 bits per heavy atom. The van der Waals surface area contributed by atoms with E-state index in [9.17, 15) is 4.39 Å². The van der Waals surface area contributed by atoms with Gasteiger partial charge in [0.05, 0.1) is 12.2 Å². The molecule has 1 aliphatic carbocycles. The molecule has 0 aliphatic heterocycles. The summed E-state index contributed by atoms with van der Waals surface area (Å²) in [6, 6.07) is 5.55. The number of aryl methyl sites for hydroxylation is 1. The van der Waals surface area contributed by atoms with Crippen LogP contribution < -0.4 is 11.1 Å². The summed E-state index contributed by atoms with van der Waals surface area (Å²) in [7, 11) is 0. The molecular weight excluding hydrogens is 317 g/mol. The van der Waals surface area contributed by atoms with Crippen LogP contribution in [0, 0.1) is 12.7 Å². The van der Waals surface area contributed by atoms with E-state index in [4.69, 9.17) is 5.73 Å². The largest absolute Gasteiger partial charge is 0.370 e. The molecule has 1 aromatic heterocycles. The van der Waals surface area contributed by atoms with Gasteiger partial charge < -0.3 is 15.6 Å². The van der Waals surface area contributed by atoms with Crippen molar-refractivity contribution in [2.24, 2.45) is 10.7 Å². The average Bonchev–Trinajstić information content (AvgIpc) is 2.85. The fourth-order valence-corrected chi connectivity index (χ4v) is 3.33. The number of nitrogens with two attached hydrogens (primary N) is 1. The Bertz CT molecular complexity index is 729. The first-order valence-electron chi connectivity index (χ1n) is 8.98. The first kappa shape index (κ1) is 17.5. The van der Waals surface area contributed by atoms with Crippen LogP contribution in [0.15, 0.2) is 35.6 Å². The molecule has 0 radical (unpaired) electrons. The third-order valence-corrected chi connectivity index (χ3v) is 4.74. The van der Waals surface area contributed by atoms with E-state index in [0.29, 0.717) is 24.2 Å². The lowest BCUT2D eigenvalue weighted by Gasteiger charge is -2.16. The second-order valence-corrected chi connectivity index (χ2v) is 6.66. The second-order valence-electron chi connectivity index (χ2n) is 6.66. The van der Waals surface area contributed by atoms with Crippen LogP contribution in [0.5, 0.6) is 0 Å². The number of nitrogens with zero attached hydrogens (tertiary/aromatic N) is 3. The van der Waals surface area contributed by atoms with Crippen LogP contribution in [0.25, 0.3) is 5.69 Å². The first-order valence-corrected chi connectivity index (χ1v) is 8.98. The van der Waals surface area contributed by atoms with Crippen molar-refractivity contribution >= 4 is 5.96 Å². The van der Waals surface area contributed by atoms with E-state index < -0.39 is 0 Å². The summed E-state index contributed by atoms with van der Waals surface area (Å²) in [4.78, 5) is 8.50. The lowest BCUT2D eigenvalue weighted by atomic mass is 10.1. The number of aliphatic imine (C=N–C) groups is 1. The van der Waals surface area contributed by atoms with Crippen LogP contribution in [-0.2, 0) is 6.54 Å². The van der Waals surface area contributed by atoms with Gasteiger partial charge in [0.15, 0.2) is 5.96 Å². The molecule has 1 aromatic carbocycles. The number of hydrogen-bond acceptors (Lipinski definition) is 2. The summed E-state index contributed by atoms with van der Waals surface area (Å²) < 4.78 is 16.1. The van der Waals surface area contributed by atoms with E-state index in [1.165, 1.54) is 31.7 Å². The van der Waals surface area contributed by atoms with Crippen LogP contribution in [0.2, 0.25) is 0 Å². The maximum Gasteiger partial charge on any atom is 0.189 e. The quantitative estimate of drug-likeness (QED) is 0.507. The standard InChI is InChI=1S/C19H26FN5/c1-14-22-10-11-25(14)18-9-8-15(12-17(18)20)13-23-19(21)24-16-6-4-2-3-5-7-16/h8-12,16H,2-7,13H2,1H3,(H3,21,23,24). The van der Waals surface area contributed by atoms with Gasteiger partial charge in [-0.25, -0.2) is 14.4 Å². The number of benzene rings is 1. The molecule has 1 saturated carbocycles.